The molecule has 0 aliphatic carbocycles. The maximum atomic E-state index is 12.5. The van der Waals surface area contributed by atoms with Crippen molar-refractivity contribution in [3.63, 3.8) is 0 Å². The van der Waals surface area contributed by atoms with Crippen LogP contribution in [0.4, 0.5) is 5.00 Å². The summed E-state index contributed by atoms with van der Waals surface area (Å²) in [5, 5.41) is 4.09. The Hall–Kier alpha value is -3.06. The largest absolute Gasteiger partial charge is 0.465 e. The Labute approximate surface area is 153 Å². The second-order valence-corrected chi connectivity index (χ2v) is 6.76. The number of benzene rings is 2. The van der Waals surface area contributed by atoms with Crippen LogP contribution in [0.2, 0.25) is 0 Å². The van der Waals surface area contributed by atoms with E-state index in [0.29, 0.717) is 22.1 Å². The van der Waals surface area contributed by atoms with Crippen LogP contribution in [0.15, 0.2) is 42.5 Å². The molecule has 0 atom stereocenters. The number of rotatable bonds is 4. The molecule has 0 radical (unpaired) electrons. The average molecular weight is 369 g/mol. The Morgan fingerprint density at radius 3 is 2.81 bits per heavy atom. The van der Waals surface area contributed by atoms with Gasteiger partial charge in [0, 0.05) is 10.1 Å². The number of nitrogens with one attached hydrogen (secondary N) is 1. The number of thiophene rings is 1. The number of anilines is 1. The third-order valence-corrected chi connectivity index (χ3v) is 5.13. The minimum Gasteiger partial charge on any atom is -0.465 e. The van der Waals surface area contributed by atoms with Crippen LogP contribution in [0.1, 0.15) is 15.9 Å². The number of hydrogen-bond acceptors (Lipinski definition) is 6. The molecule has 7 heteroatoms. The Balaban J connectivity index is 1.58. The number of carbonyl (C=O) groups is 2. The fourth-order valence-corrected chi connectivity index (χ4v) is 3.95. The topological polar surface area (TPSA) is 73.9 Å². The predicted molar refractivity (Wildman–Crippen MR) is 98.1 cm³/mol. The van der Waals surface area contributed by atoms with Gasteiger partial charge in [-0.3, -0.25) is 4.79 Å². The number of fused-ring (bicyclic) bond motifs is 2. The highest BCUT2D eigenvalue weighted by atomic mass is 32.1. The molecular formula is C19H15NO5S. The molecule has 1 N–H and O–H groups in total. The van der Waals surface area contributed by atoms with Crippen LogP contribution in [0.25, 0.3) is 10.1 Å². The molecule has 6 nitrogen and oxygen atoms in total. The van der Waals surface area contributed by atoms with E-state index in [1.165, 1.54) is 18.4 Å². The smallest absolute Gasteiger partial charge is 0.341 e. The van der Waals surface area contributed by atoms with E-state index in [9.17, 15) is 9.59 Å². The molecule has 4 rings (SSSR count). The van der Waals surface area contributed by atoms with E-state index in [0.717, 1.165) is 15.6 Å². The molecule has 1 aromatic heterocycles. The van der Waals surface area contributed by atoms with E-state index in [2.05, 4.69) is 5.32 Å². The number of carbonyl (C=O) groups excluding carboxylic acids is 2. The molecule has 0 unspecified atom stereocenters. The maximum Gasteiger partial charge on any atom is 0.341 e. The third-order valence-electron chi connectivity index (χ3n) is 4.04. The van der Waals surface area contributed by atoms with Gasteiger partial charge in [0.15, 0.2) is 11.5 Å². The van der Waals surface area contributed by atoms with Crippen molar-refractivity contribution < 1.29 is 23.8 Å². The molecule has 132 valence electrons. The van der Waals surface area contributed by atoms with Crippen molar-refractivity contribution in [2.45, 2.75) is 6.42 Å². The van der Waals surface area contributed by atoms with E-state index in [4.69, 9.17) is 14.2 Å². The van der Waals surface area contributed by atoms with Gasteiger partial charge in [-0.15, -0.1) is 11.3 Å². The van der Waals surface area contributed by atoms with Crippen LogP contribution >= 0.6 is 11.3 Å². The number of amides is 1. The zero-order valence-electron chi connectivity index (χ0n) is 13.9. The van der Waals surface area contributed by atoms with Gasteiger partial charge in [-0.25, -0.2) is 4.79 Å². The van der Waals surface area contributed by atoms with E-state index in [-0.39, 0.29) is 19.1 Å². The summed E-state index contributed by atoms with van der Waals surface area (Å²) in [6.07, 6.45) is 0.158. The minimum atomic E-state index is -0.471. The summed E-state index contributed by atoms with van der Waals surface area (Å²) in [7, 11) is 1.33. The molecule has 0 spiro atoms. The summed E-state index contributed by atoms with van der Waals surface area (Å²) >= 11 is 1.35. The first-order valence-electron chi connectivity index (χ1n) is 7.94. The van der Waals surface area contributed by atoms with Crippen LogP contribution in [0.5, 0.6) is 11.5 Å². The zero-order chi connectivity index (χ0) is 18.1. The fraction of sp³-hybridized carbons (Fsp3) is 0.158. The minimum absolute atomic E-state index is 0.158. The molecule has 2 aromatic carbocycles. The van der Waals surface area contributed by atoms with Gasteiger partial charge in [0.05, 0.1) is 13.5 Å². The molecule has 0 bridgehead atoms. The second kappa shape index (κ2) is 6.68. The predicted octanol–water partition coefficient (Wildman–Crippen LogP) is 3.60. The summed E-state index contributed by atoms with van der Waals surface area (Å²) in [6.45, 7) is 0.190. The zero-order valence-corrected chi connectivity index (χ0v) is 14.7. The number of hydrogen-bond donors (Lipinski definition) is 1. The average Bonchev–Trinajstić information content (AvgIpc) is 3.24. The lowest BCUT2D eigenvalue weighted by Crippen LogP contribution is -2.15. The van der Waals surface area contributed by atoms with Gasteiger partial charge in [-0.2, -0.15) is 0 Å². The Kier molecular flexibility index (Phi) is 4.22. The highest BCUT2D eigenvalue weighted by Crippen LogP contribution is 2.36. The van der Waals surface area contributed by atoms with Gasteiger partial charge in [-0.1, -0.05) is 24.3 Å². The molecule has 3 aromatic rings. The van der Waals surface area contributed by atoms with Crippen LogP contribution in [0, 0.1) is 0 Å². The molecule has 0 fully saturated rings. The van der Waals surface area contributed by atoms with Crippen molar-refractivity contribution in [2.75, 3.05) is 19.2 Å². The number of esters is 1. The standard InChI is InChI=1S/C19H15NO5S/c1-23-19(22)17-12-4-2-3-5-15(12)26-18(17)20-16(21)9-11-6-7-13-14(8-11)25-10-24-13/h2-8H,9-10H2,1H3,(H,20,21). The second-order valence-electron chi connectivity index (χ2n) is 5.71. The van der Waals surface area contributed by atoms with Crippen molar-refractivity contribution in [1.82, 2.24) is 0 Å². The van der Waals surface area contributed by atoms with Gasteiger partial charge in [0.1, 0.15) is 10.6 Å². The van der Waals surface area contributed by atoms with Crippen LogP contribution in [-0.4, -0.2) is 25.8 Å². The first kappa shape index (κ1) is 16.4. The Morgan fingerprint density at radius 1 is 1.15 bits per heavy atom. The lowest BCUT2D eigenvalue weighted by molar-refractivity contribution is -0.115. The fourth-order valence-electron chi connectivity index (χ4n) is 2.85. The lowest BCUT2D eigenvalue weighted by atomic mass is 10.1. The Morgan fingerprint density at radius 2 is 1.96 bits per heavy atom. The molecule has 2 heterocycles. The summed E-state index contributed by atoms with van der Waals surface area (Å²) in [5.41, 5.74) is 1.18. The van der Waals surface area contributed by atoms with Crippen LogP contribution in [-0.2, 0) is 16.0 Å². The monoisotopic (exact) mass is 369 g/mol. The van der Waals surface area contributed by atoms with Gasteiger partial charge in [0.25, 0.3) is 0 Å². The van der Waals surface area contributed by atoms with Gasteiger partial charge < -0.3 is 19.5 Å². The quantitative estimate of drug-likeness (QED) is 0.712. The van der Waals surface area contributed by atoms with Crippen molar-refractivity contribution in [1.29, 1.82) is 0 Å². The first-order valence-corrected chi connectivity index (χ1v) is 8.75. The lowest BCUT2D eigenvalue weighted by Gasteiger charge is -2.06. The van der Waals surface area contributed by atoms with Gasteiger partial charge in [-0.05, 0) is 23.8 Å². The summed E-state index contributed by atoms with van der Waals surface area (Å²) < 4.78 is 16.4. The maximum absolute atomic E-state index is 12.5. The van der Waals surface area contributed by atoms with Gasteiger partial charge in [0.2, 0.25) is 12.7 Å². The van der Waals surface area contributed by atoms with E-state index < -0.39 is 5.97 Å². The van der Waals surface area contributed by atoms with Crippen LogP contribution in [0.3, 0.4) is 0 Å². The summed E-state index contributed by atoms with van der Waals surface area (Å²) in [4.78, 5) is 24.7. The van der Waals surface area contributed by atoms with E-state index >= 15 is 0 Å². The van der Waals surface area contributed by atoms with Crippen molar-refractivity contribution in [3.05, 3.63) is 53.6 Å². The third kappa shape index (κ3) is 2.97. The Bertz CT molecular complexity index is 1010. The molecular weight excluding hydrogens is 354 g/mol. The molecule has 0 saturated heterocycles. The SMILES string of the molecule is COC(=O)c1c(NC(=O)Cc2ccc3c(c2)OCO3)sc2ccccc12. The molecule has 1 amide bonds. The van der Waals surface area contributed by atoms with Crippen LogP contribution < -0.4 is 14.8 Å². The van der Waals surface area contributed by atoms with E-state index in [1.807, 2.05) is 30.3 Å². The molecule has 26 heavy (non-hydrogen) atoms. The molecule has 1 aliphatic heterocycles. The van der Waals surface area contributed by atoms with Gasteiger partial charge >= 0.3 is 5.97 Å². The highest BCUT2D eigenvalue weighted by Gasteiger charge is 2.21. The highest BCUT2D eigenvalue weighted by molar-refractivity contribution is 7.23. The normalized spacial score (nSPS) is 12.2. The molecule has 0 saturated carbocycles. The summed E-state index contributed by atoms with van der Waals surface area (Å²) in [5.74, 6) is 0.612. The molecule has 1 aliphatic rings. The summed E-state index contributed by atoms with van der Waals surface area (Å²) in [6, 6.07) is 12.9. The number of ether oxygens (including phenoxy) is 3. The van der Waals surface area contributed by atoms with Crippen molar-refractivity contribution in [2.24, 2.45) is 0 Å². The number of methoxy groups -OCH3 is 1. The first-order chi connectivity index (χ1) is 12.7. The van der Waals surface area contributed by atoms with Crippen molar-refractivity contribution in [3.8, 4) is 11.5 Å². The van der Waals surface area contributed by atoms with E-state index in [1.54, 1.807) is 12.1 Å². The van der Waals surface area contributed by atoms with Crippen molar-refractivity contribution >= 4 is 38.3 Å².